The fourth-order valence-corrected chi connectivity index (χ4v) is 3.36. The van der Waals surface area contributed by atoms with E-state index >= 15 is 0 Å². The number of rotatable bonds is 1. The Hall–Kier alpha value is -2.87. The van der Waals surface area contributed by atoms with Crippen LogP contribution in [-0.4, -0.2) is 9.97 Å². The first-order valence-electron chi connectivity index (χ1n) is 7.55. The number of para-hydroxylation sites is 2. The van der Waals surface area contributed by atoms with E-state index in [2.05, 4.69) is 53.5 Å². The van der Waals surface area contributed by atoms with Crippen molar-refractivity contribution >= 4 is 11.0 Å². The van der Waals surface area contributed by atoms with Gasteiger partial charge in [0.1, 0.15) is 5.82 Å². The molecule has 0 radical (unpaired) electrons. The molecule has 3 aromatic carbocycles. The van der Waals surface area contributed by atoms with Gasteiger partial charge in [0.15, 0.2) is 0 Å². The van der Waals surface area contributed by atoms with Gasteiger partial charge in [-0.15, -0.1) is 0 Å². The van der Waals surface area contributed by atoms with Gasteiger partial charge in [-0.2, -0.15) is 0 Å². The average Bonchev–Trinajstić information content (AvgIpc) is 3.15. The van der Waals surface area contributed by atoms with E-state index in [4.69, 9.17) is 4.98 Å². The molecule has 0 saturated heterocycles. The zero-order chi connectivity index (χ0) is 14.5. The minimum absolute atomic E-state index is 0.938. The number of fused-ring (bicyclic) bond motifs is 4. The average molecular weight is 282 g/mol. The Morgan fingerprint density at radius 3 is 2.55 bits per heavy atom. The van der Waals surface area contributed by atoms with Gasteiger partial charge in [-0.3, -0.25) is 0 Å². The molecule has 2 heteroatoms. The lowest BCUT2D eigenvalue weighted by Gasteiger charge is -2.03. The number of hydrogen-bond acceptors (Lipinski definition) is 1. The minimum atomic E-state index is 0.938. The van der Waals surface area contributed by atoms with Crippen LogP contribution in [0.1, 0.15) is 11.1 Å². The van der Waals surface area contributed by atoms with Crippen LogP contribution >= 0.6 is 0 Å². The van der Waals surface area contributed by atoms with E-state index in [0.717, 1.165) is 28.8 Å². The van der Waals surface area contributed by atoms with Gasteiger partial charge in [0.2, 0.25) is 0 Å². The van der Waals surface area contributed by atoms with Crippen LogP contribution in [0.4, 0.5) is 0 Å². The van der Waals surface area contributed by atoms with Crippen LogP contribution in [-0.2, 0) is 6.42 Å². The van der Waals surface area contributed by atoms with Crippen molar-refractivity contribution in [3.63, 3.8) is 0 Å². The Bertz CT molecular complexity index is 978. The topological polar surface area (TPSA) is 28.7 Å². The highest BCUT2D eigenvalue weighted by molar-refractivity contribution is 5.83. The highest BCUT2D eigenvalue weighted by Gasteiger charge is 2.18. The van der Waals surface area contributed by atoms with Gasteiger partial charge in [0, 0.05) is 5.56 Å². The first-order valence-corrected chi connectivity index (χ1v) is 7.55. The lowest BCUT2D eigenvalue weighted by Crippen LogP contribution is -1.84. The van der Waals surface area contributed by atoms with Gasteiger partial charge in [-0.25, -0.2) is 4.98 Å². The van der Waals surface area contributed by atoms with Gasteiger partial charge in [-0.1, -0.05) is 48.5 Å². The Labute approximate surface area is 128 Å². The van der Waals surface area contributed by atoms with Crippen LogP contribution in [0, 0.1) is 0 Å². The summed E-state index contributed by atoms with van der Waals surface area (Å²) in [4.78, 5) is 8.12. The molecule has 104 valence electrons. The van der Waals surface area contributed by atoms with E-state index in [1.807, 2.05) is 18.2 Å². The second kappa shape index (κ2) is 4.31. The lowest BCUT2D eigenvalue weighted by molar-refractivity contribution is 1.26. The van der Waals surface area contributed by atoms with Gasteiger partial charge in [0.25, 0.3) is 0 Å². The number of hydrogen-bond donors (Lipinski definition) is 1. The smallest absolute Gasteiger partial charge is 0.138 e. The summed E-state index contributed by atoms with van der Waals surface area (Å²) in [5, 5.41) is 0. The van der Waals surface area contributed by atoms with Crippen molar-refractivity contribution in [3.05, 3.63) is 77.9 Å². The van der Waals surface area contributed by atoms with Crippen molar-refractivity contribution in [1.29, 1.82) is 0 Å². The van der Waals surface area contributed by atoms with Gasteiger partial charge < -0.3 is 4.98 Å². The second-order valence-corrected chi connectivity index (χ2v) is 5.81. The van der Waals surface area contributed by atoms with Crippen molar-refractivity contribution in [2.45, 2.75) is 6.42 Å². The number of imidazole rings is 1. The van der Waals surface area contributed by atoms with E-state index in [1.54, 1.807) is 0 Å². The van der Waals surface area contributed by atoms with Gasteiger partial charge >= 0.3 is 0 Å². The molecule has 0 aliphatic heterocycles. The first kappa shape index (κ1) is 11.8. The van der Waals surface area contributed by atoms with E-state index in [9.17, 15) is 0 Å². The third-order valence-corrected chi connectivity index (χ3v) is 4.46. The quantitative estimate of drug-likeness (QED) is 0.470. The van der Waals surface area contributed by atoms with Crippen molar-refractivity contribution in [1.82, 2.24) is 9.97 Å². The van der Waals surface area contributed by atoms with Crippen molar-refractivity contribution in [3.8, 4) is 22.5 Å². The molecule has 1 aliphatic carbocycles. The summed E-state index contributed by atoms with van der Waals surface area (Å²) < 4.78 is 0. The zero-order valence-corrected chi connectivity index (χ0v) is 12.0. The fraction of sp³-hybridized carbons (Fsp3) is 0.0500. The zero-order valence-electron chi connectivity index (χ0n) is 12.0. The molecule has 1 aliphatic rings. The molecule has 1 heterocycles. The Balaban J connectivity index is 1.69. The largest absolute Gasteiger partial charge is 0.338 e. The van der Waals surface area contributed by atoms with E-state index in [0.29, 0.717) is 0 Å². The molecular formula is C20H14N2. The molecule has 0 atom stereocenters. The van der Waals surface area contributed by atoms with Crippen LogP contribution in [0.2, 0.25) is 0 Å². The molecule has 2 nitrogen and oxygen atoms in total. The second-order valence-electron chi connectivity index (χ2n) is 5.81. The maximum atomic E-state index is 4.71. The Kier molecular flexibility index (Phi) is 2.30. The van der Waals surface area contributed by atoms with Gasteiger partial charge in [0.05, 0.1) is 11.0 Å². The molecule has 5 rings (SSSR count). The summed E-state index contributed by atoms with van der Waals surface area (Å²) in [5.41, 5.74) is 8.76. The fourth-order valence-electron chi connectivity index (χ4n) is 3.36. The van der Waals surface area contributed by atoms with Crippen LogP contribution in [0.25, 0.3) is 33.5 Å². The van der Waals surface area contributed by atoms with E-state index in [-0.39, 0.29) is 0 Å². The van der Waals surface area contributed by atoms with Crippen LogP contribution in [0.5, 0.6) is 0 Å². The lowest BCUT2D eigenvalue weighted by atomic mass is 10.0. The highest BCUT2D eigenvalue weighted by Crippen LogP contribution is 2.38. The van der Waals surface area contributed by atoms with Crippen molar-refractivity contribution in [2.24, 2.45) is 0 Å². The molecule has 0 saturated carbocycles. The molecule has 0 spiro atoms. The van der Waals surface area contributed by atoms with Crippen LogP contribution in [0.3, 0.4) is 0 Å². The number of H-pyrrole nitrogens is 1. The molecular weight excluding hydrogens is 268 g/mol. The number of aromatic nitrogens is 2. The summed E-state index contributed by atoms with van der Waals surface area (Å²) >= 11 is 0. The number of benzene rings is 3. The van der Waals surface area contributed by atoms with Crippen molar-refractivity contribution in [2.75, 3.05) is 0 Å². The summed E-state index contributed by atoms with van der Waals surface area (Å²) in [5.74, 6) is 0.938. The normalized spacial score (nSPS) is 12.4. The standard InChI is InChI=1S/C20H14N2/c1-2-6-16-13(5-1)11-14-9-10-15(12-17(14)16)20-21-18-7-3-4-8-19(18)22-20/h1-10,12H,11H2,(H,21,22). The molecule has 0 fully saturated rings. The first-order chi connectivity index (χ1) is 10.9. The molecule has 0 amide bonds. The van der Waals surface area contributed by atoms with Crippen molar-refractivity contribution < 1.29 is 0 Å². The number of nitrogens with one attached hydrogen (secondary N) is 1. The summed E-state index contributed by atoms with van der Waals surface area (Å²) in [6.07, 6.45) is 1.03. The molecule has 1 N–H and O–H groups in total. The maximum Gasteiger partial charge on any atom is 0.138 e. The third kappa shape index (κ3) is 1.64. The summed E-state index contributed by atoms with van der Waals surface area (Å²) in [6.45, 7) is 0. The van der Waals surface area contributed by atoms with E-state index in [1.165, 1.54) is 22.3 Å². The van der Waals surface area contributed by atoms with E-state index < -0.39 is 0 Å². The molecule has 1 aromatic heterocycles. The monoisotopic (exact) mass is 282 g/mol. The predicted molar refractivity (Wildman–Crippen MR) is 89.8 cm³/mol. The Morgan fingerprint density at radius 2 is 1.59 bits per heavy atom. The molecule has 4 aromatic rings. The third-order valence-electron chi connectivity index (χ3n) is 4.46. The summed E-state index contributed by atoms with van der Waals surface area (Å²) in [7, 11) is 0. The number of aromatic amines is 1. The van der Waals surface area contributed by atoms with Crippen LogP contribution < -0.4 is 0 Å². The summed E-state index contributed by atoms with van der Waals surface area (Å²) in [6, 6.07) is 23.5. The number of nitrogens with zero attached hydrogens (tertiary/aromatic N) is 1. The van der Waals surface area contributed by atoms with Crippen LogP contribution in [0.15, 0.2) is 66.7 Å². The highest BCUT2D eigenvalue weighted by atomic mass is 14.9. The predicted octanol–water partition coefficient (Wildman–Crippen LogP) is 4.80. The minimum Gasteiger partial charge on any atom is -0.338 e. The SMILES string of the molecule is c1ccc2c(c1)Cc1ccc(-c3nc4ccccc4[nH]3)cc1-2. The maximum absolute atomic E-state index is 4.71. The molecule has 0 unspecified atom stereocenters. The molecule has 22 heavy (non-hydrogen) atoms. The molecule has 0 bridgehead atoms. The van der Waals surface area contributed by atoms with Gasteiger partial charge in [-0.05, 0) is 46.9 Å². The Morgan fingerprint density at radius 1 is 0.773 bits per heavy atom.